The molecule has 0 spiro atoms. The molecule has 1 aliphatic carbocycles. The lowest BCUT2D eigenvalue weighted by Crippen LogP contribution is -2.29. The van der Waals surface area contributed by atoms with Crippen LogP contribution in [-0.2, 0) is 9.53 Å². The number of anilines is 1. The van der Waals surface area contributed by atoms with Crippen molar-refractivity contribution in [1.29, 1.82) is 0 Å². The molecule has 2 fully saturated rings. The zero-order valence-electron chi connectivity index (χ0n) is 20.8. The number of aryl methyl sites for hydroxylation is 1. The summed E-state index contributed by atoms with van der Waals surface area (Å²) in [7, 11) is 0. The number of carbonyl (C=O) groups excluding carboxylic acids is 1. The Bertz CT molecular complexity index is 1130. The highest BCUT2D eigenvalue weighted by Crippen LogP contribution is 2.38. The number of rotatable bonds is 10. The normalized spacial score (nSPS) is 19.6. The van der Waals surface area contributed by atoms with Gasteiger partial charge in [-0.2, -0.15) is 0 Å². The molecule has 0 aromatic heterocycles. The molecule has 0 radical (unpaired) electrons. The number of aliphatic imine (C=N–C) groups is 1. The van der Waals surface area contributed by atoms with Crippen molar-refractivity contribution >= 4 is 46.2 Å². The van der Waals surface area contributed by atoms with Crippen LogP contribution in [0.2, 0.25) is 5.02 Å². The van der Waals surface area contributed by atoms with Crippen molar-refractivity contribution in [1.82, 2.24) is 0 Å². The molecule has 1 amide bonds. The number of aliphatic hydroxyl groups excluding tert-OH is 1. The van der Waals surface area contributed by atoms with Gasteiger partial charge in [0.05, 0.1) is 28.3 Å². The zero-order valence-corrected chi connectivity index (χ0v) is 22.4. The Morgan fingerprint density at radius 1 is 1.22 bits per heavy atom. The van der Waals surface area contributed by atoms with Gasteiger partial charge in [-0.15, -0.1) is 0 Å². The first-order chi connectivity index (χ1) is 17.5. The van der Waals surface area contributed by atoms with Gasteiger partial charge in [0.2, 0.25) is 0 Å². The number of benzene rings is 2. The van der Waals surface area contributed by atoms with Crippen LogP contribution in [0.3, 0.4) is 0 Å². The van der Waals surface area contributed by atoms with Crippen LogP contribution >= 0.6 is 23.4 Å². The summed E-state index contributed by atoms with van der Waals surface area (Å²) >= 11 is 7.84. The second-order valence-corrected chi connectivity index (χ2v) is 10.5. The van der Waals surface area contributed by atoms with Gasteiger partial charge < -0.3 is 14.6 Å². The smallest absolute Gasteiger partial charge is 0.271 e. The summed E-state index contributed by atoms with van der Waals surface area (Å²) in [5.74, 6) is 0.377. The third-order valence-corrected chi connectivity index (χ3v) is 7.45. The Morgan fingerprint density at radius 2 is 2.00 bits per heavy atom. The molecule has 2 aromatic rings. The lowest BCUT2D eigenvalue weighted by molar-refractivity contribution is -0.113. The molecule has 1 N–H and O–H groups in total. The van der Waals surface area contributed by atoms with Crippen LogP contribution in [0.25, 0.3) is 6.08 Å². The summed E-state index contributed by atoms with van der Waals surface area (Å²) in [5.41, 5.74) is 2.64. The van der Waals surface area contributed by atoms with Crippen molar-refractivity contribution in [3.63, 3.8) is 0 Å². The molecule has 1 atom stereocenters. The Balaban J connectivity index is 1.43. The molecule has 1 heterocycles. The average molecular weight is 529 g/mol. The fourth-order valence-corrected chi connectivity index (χ4v) is 5.47. The van der Waals surface area contributed by atoms with Crippen LogP contribution in [-0.4, -0.2) is 48.1 Å². The monoisotopic (exact) mass is 528 g/mol. The maximum atomic E-state index is 13.4. The minimum atomic E-state index is -0.718. The van der Waals surface area contributed by atoms with E-state index in [9.17, 15) is 9.90 Å². The van der Waals surface area contributed by atoms with Gasteiger partial charge in [-0.05, 0) is 73.4 Å². The Labute approximate surface area is 222 Å². The number of aliphatic hydroxyl groups is 1. The number of hydrogen-bond donors (Lipinski definition) is 1. The molecule has 0 bridgehead atoms. The fraction of sp³-hybridized carbons (Fsp3) is 0.429. The van der Waals surface area contributed by atoms with Crippen LogP contribution in [0.1, 0.15) is 50.2 Å². The second-order valence-electron chi connectivity index (χ2n) is 9.10. The van der Waals surface area contributed by atoms with Gasteiger partial charge in [-0.25, -0.2) is 0 Å². The van der Waals surface area contributed by atoms with Gasteiger partial charge in [-0.3, -0.25) is 14.7 Å². The standard InChI is InChI=1S/C28H33ClN2O4S/c1-3-14-30-28-31(24-11-7-4-8-19(24)2)27(33)26(36-28)16-20-12-13-25(23(29)15-20)35-18-21(32)17-34-22-9-5-6-10-22/h4,7-8,11-13,15-16,21-22,32H,3,5-6,9-10,14,17-18H2,1-2H3/b26-16-,30-28-/t21-/m1/s1. The van der Waals surface area contributed by atoms with E-state index in [2.05, 4.69) is 11.9 Å². The molecule has 1 aliphatic heterocycles. The van der Waals surface area contributed by atoms with E-state index in [4.69, 9.17) is 21.1 Å². The van der Waals surface area contributed by atoms with Crippen LogP contribution in [0.15, 0.2) is 52.4 Å². The molecular weight excluding hydrogens is 496 g/mol. The van der Waals surface area contributed by atoms with Crippen LogP contribution in [0.5, 0.6) is 5.75 Å². The summed E-state index contributed by atoms with van der Waals surface area (Å²) in [6.45, 7) is 5.06. The number of amidine groups is 1. The van der Waals surface area contributed by atoms with Crippen molar-refractivity contribution in [3.8, 4) is 5.75 Å². The predicted molar refractivity (Wildman–Crippen MR) is 148 cm³/mol. The molecule has 2 aliphatic rings. The first kappa shape index (κ1) is 26.7. The summed E-state index contributed by atoms with van der Waals surface area (Å²) in [6, 6.07) is 13.2. The van der Waals surface area contributed by atoms with Crippen molar-refractivity contribution < 1.29 is 19.4 Å². The van der Waals surface area contributed by atoms with Crippen molar-refractivity contribution in [2.24, 2.45) is 4.99 Å². The van der Waals surface area contributed by atoms with Gasteiger partial charge in [0.15, 0.2) is 5.17 Å². The third kappa shape index (κ3) is 6.71. The minimum Gasteiger partial charge on any atom is -0.489 e. The first-order valence-corrected chi connectivity index (χ1v) is 13.7. The van der Waals surface area contributed by atoms with E-state index in [0.29, 0.717) is 27.4 Å². The number of ether oxygens (including phenoxy) is 2. The van der Waals surface area contributed by atoms with E-state index in [-0.39, 0.29) is 25.2 Å². The molecule has 2 aromatic carbocycles. The number of amides is 1. The van der Waals surface area contributed by atoms with E-state index in [1.54, 1.807) is 17.0 Å². The van der Waals surface area contributed by atoms with E-state index in [1.807, 2.05) is 43.3 Å². The van der Waals surface area contributed by atoms with Gasteiger partial charge in [0, 0.05) is 6.54 Å². The molecule has 0 unspecified atom stereocenters. The molecule has 1 saturated heterocycles. The van der Waals surface area contributed by atoms with E-state index >= 15 is 0 Å². The number of nitrogens with zero attached hydrogens (tertiary/aromatic N) is 2. The second kappa shape index (κ2) is 12.8. The minimum absolute atomic E-state index is 0.101. The van der Waals surface area contributed by atoms with Crippen LogP contribution < -0.4 is 9.64 Å². The highest BCUT2D eigenvalue weighted by molar-refractivity contribution is 8.19. The van der Waals surface area contributed by atoms with E-state index < -0.39 is 6.10 Å². The topological polar surface area (TPSA) is 71.4 Å². The Morgan fingerprint density at radius 3 is 2.72 bits per heavy atom. The summed E-state index contributed by atoms with van der Waals surface area (Å²) in [6.07, 6.45) is 6.76. The molecule has 4 rings (SSSR count). The van der Waals surface area contributed by atoms with Crippen molar-refractivity contribution in [3.05, 3.63) is 63.5 Å². The molecule has 1 saturated carbocycles. The molecule has 6 nitrogen and oxygen atoms in total. The zero-order chi connectivity index (χ0) is 25.5. The number of carbonyl (C=O) groups is 1. The van der Waals surface area contributed by atoms with Crippen molar-refractivity contribution in [2.45, 2.75) is 58.2 Å². The summed E-state index contributed by atoms with van der Waals surface area (Å²) < 4.78 is 11.5. The highest BCUT2D eigenvalue weighted by atomic mass is 35.5. The first-order valence-electron chi connectivity index (χ1n) is 12.5. The quantitative estimate of drug-likeness (QED) is 0.370. The maximum Gasteiger partial charge on any atom is 0.271 e. The lowest BCUT2D eigenvalue weighted by Gasteiger charge is -2.18. The third-order valence-electron chi connectivity index (χ3n) is 6.14. The van der Waals surface area contributed by atoms with Gasteiger partial charge in [0.25, 0.3) is 5.91 Å². The Hall–Kier alpha value is -2.32. The van der Waals surface area contributed by atoms with Crippen LogP contribution in [0.4, 0.5) is 5.69 Å². The number of para-hydroxylation sites is 1. The fourth-order valence-electron chi connectivity index (χ4n) is 4.22. The number of hydrogen-bond acceptors (Lipinski definition) is 6. The summed E-state index contributed by atoms with van der Waals surface area (Å²) in [5, 5.41) is 11.3. The highest BCUT2D eigenvalue weighted by Gasteiger charge is 2.35. The van der Waals surface area contributed by atoms with Gasteiger partial charge in [0.1, 0.15) is 18.5 Å². The van der Waals surface area contributed by atoms with E-state index in [1.165, 1.54) is 24.6 Å². The van der Waals surface area contributed by atoms with E-state index in [0.717, 1.165) is 36.1 Å². The summed E-state index contributed by atoms with van der Waals surface area (Å²) in [4.78, 5) is 20.3. The SMILES string of the molecule is CCC/N=C1\S/C(=C\c2ccc(OC[C@H](O)COC3CCCC3)c(Cl)c2)C(=O)N1c1ccccc1C. The Kier molecular flexibility index (Phi) is 9.48. The molecular formula is C28H33ClN2O4S. The predicted octanol–water partition coefficient (Wildman–Crippen LogP) is 6.23. The lowest BCUT2D eigenvalue weighted by atomic mass is 10.1. The maximum absolute atomic E-state index is 13.4. The molecule has 192 valence electrons. The molecule has 8 heteroatoms. The van der Waals surface area contributed by atoms with Gasteiger partial charge in [-0.1, -0.05) is 55.6 Å². The number of thioether (sulfide) groups is 1. The van der Waals surface area contributed by atoms with Gasteiger partial charge >= 0.3 is 0 Å². The number of halogens is 1. The average Bonchev–Trinajstić information content (AvgIpc) is 3.49. The molecule has 36 heavy (non-hydrogen) atoms. The van der Waals surface area contributed by atoms with Crippen LogP contribution in [0, 0.1) is 6.92 Å². The van der Waals surface area contributed by atoms with Crippen molar-refractivity contribution in [2.75, 3.05) is 24.7 Å². The largest absolute Gasteiger partial charge is 0.489 e.